The van der Waals surface area contributed by atoms with Crippen LogP contribution in [0.1, 0.15) is 23.2 Å². The standard InChI is InChI=1S/C14H14N4O3/c1-18-11-6-8(2-3-9(11)7-15-18)13(20)16-10-4-5-12(19)17-14(10)21/h2-3,6-7,10H,4-5H2,1H3,(H,16,20)(H,17,19,21). The molecular weight excluding hydrogens is 272 g/mol. The summed E-state index contributed by atoms with van der Waals surface area (Å²) in [5, 5.41) is 9.92. The molecule has 21 heavy (non-hydrogen) atoms. The Morgan fingerprint density at radius 2 is 2.24 bits per heavy atom. The molecule has 7 nitrogen and oxygen atoms in total. The first-order valence-corrected chi connectivity index (χ1v) is 6.61. The number of nitrogens with one attached hydrogen (secondary N) is 2. The van der Waals surface area contributed by atoms with Crippen molar-refractivity contribution in [2.24, 2.45) is 7.05 Å². The molecule has 3 rings (SSSR count). The highest BCUT2D eigenvalue weighted by Gasteiger charge is 2.28. The highest BCUT2D eigenvalue weighted by Crippen LogP contribution is 2.15. The summed E-state index contributed by atoms with van der Waals surface area (Å²) in [5.74, 6) is -1.10. The van der Waals surface area contributed by atoms with Crippen LogP contribution in [0.4, 0.5) is 0 Å². The Balaban J connectivity index is 1.79. The Hall–Kier alpha value is -2.70. The molecule has 1 fully saturated rings. The zero-order chi connectivity index (χ0) is 15.0. The first-order chi connectivity index (χ1) is 10.0. The van der Waals surface area contributed by atoms with Crippen LogP contribution < -0.4 is 10.6 Å². The summed E-state index contributed by atoms with van der Waals surface area (Å²) in [6.45, 7) is 0. The highest BCUT2D eigenvalue weighted by molar-refractivity contribution is 6.04. The summed E-state index contributed by atoms with van der Waals surface area (Å²) in [6, 6.07) is 4.55. The van der Waals surface area contributed by atoms with E-state index in [-0.39, 0.29) is 18.2 Å². The molecule has 0 saturated carbocycles. The number of amides is 3. The zero-order valence-electron chi connectivity index (χ0n) is 11.4. The second kappa shape index (κ2) is 5.01. The Morgan fingerprint density at radius 3 is 3.00 bits per heavy atom. The van der Waals surface area contributed by atoms with Gasteiger partial charge in [-0.3, -0.25) is 24.4 Å². The Bertz CT molecular complexity index is 750. The normalized spacial score (nSPS) is 18.6. The Kier molecular flexibility index (Phi) is 3.17. The number of nitrogens with zero attached hydrogens (tertiary/aromatic N) is 2. The molecule has 0 spiro atoms. The number of fused-ring (bicyclic) bond motifs is 1. The number of hydrogen-bond donors (Lipinski definition) is 2. The van der Waals surface area contributed by atoms with Gasteiger partial charge in [-0.05, 0) is 18.6 Å². The number of imide groups is 1. The van der Waals surface area contributed by atoms with Crippen LogP contribution in [0, 0.1) is 0 Å². The van der Waals surface area contributed by atoms with Crippen molar-refractivity contribution in [3.8, 4) is 0 Å². The van der Waals surface area contributed by atoms with Crippen molar-refractivity contribution < 1.29 is 14.4 Å². The maximum absolute atomic E-state index is 12.2. The van der Waals surface area contributed by atoms with Gasteiger partial charge in [-0.25, -0.2) is 0 Å². The molecule has 1 atom stereocenters. The summed E-state index contributed by atoms with van der Waals surface area (Å²) in [5.41, 5.74) is 1.29. The highest BCUT2D eigenvalue weighted by atomic mass is 16.2. The second-order valence-electron chi connectivity index (χ2n) is 5.02. The number of rotatable bonds is 2. The van der Waals surface area contributed by atoms with E-state index in [2.05, 4.69) is 15.7 Å². The van der Waals surface area contributed by atoms with Crippen LogP contribution in [0.25, 0.3) is 10.9 Å². The van der Waals surface area contributed by atoms with E-state index in [9.17, 15) is 14.4 Å². The second-order valence-corrected chi connectivity index (χ2v) is 5.02. The fourth-order valence-electron chi connectivity index (χ4n) is 2.36. The minimum absolute atomic E-state index is 0.234. The van der Waals surface area contributed by atoms with Gasteiger partial charge in [-0.15, -0.1) is 0 Å². The van der Waals surface area contributed by atoms with Gasteiger partial charge >= 0.3 is 0 Å². The van der Waals surface area contributed by atoms with Gasteiger partial charge < -0.3 is 5.32 Å². The van der Waals surface area contributed by atoms with Gasteiger partial charge in [0.25, 0.3) is 5.91 Å². The fraction of sp³-hybridized carbons (Fsp3) is 0.286. The molecule has 7 heteroatoms. The molecule has 1 aromatic carbocycles. The summed E-state index contributed by atoms with van der Waals surface area (Å²) >= 11 is 0. The van der Waals surface area contributed by atoms with Gasteiger partial charge in [-0.1, -0.05) is 6.07 Å². The maximum atomic E-state index is 12.2. The summed E-state index contributed by atoms with van der Waals surface area (Å²) < 4.78 is 1.68. The summed E-state index contributed by atoms with van der Waals surface area (Å²) in [4.78, 5) is 34.9. The Morgan fingerprint density at radius 1 is 1.43 bits per heavy atom. The lowest BCUT2D eigenvalue weighted by atomic mass is 10.1. The van der Waals surface area contributed by atoms with E-state index < -0.39 is 11.9 Å². The van der Waals surface area contributed by atoms with Crippen LogP contribution in [0.15, 0.2) is 24.4 Å². The first kappa shape index (κ1) is 13.3. The smallest absolute Gasteiger partial charge is 0.252 e. The van der Waals surface area contributed by atoms with Crippen LogP contribution in [-0.4, -0.2) is 33.5 Å². The van der Waals surface area contributed by atoms with E-state index in [1.54, 1.807) is 30.1 Å². The van der Waals surface area contributed by atoms with E-state index in [1.807, 2.05) is 6.07 Å². The van der Waals surface area contributed by atoms with Crippen molar-refractivity contribution in [3.05, 3.63) is 30.0 Å². The molecule has 0 bridgehead atoms. The quantitative estimate of drug-likeness (QED) is 0.766. The molecule has 2 N–H and O–H groups in total. The molecule has 2 heterocycles. The summed E-state index contributed by atoms with van der Waals surface area (Å²) in [6.07, 6.45) is 2.28. The van der Waals surface area contributed by atoms with Crippen molar-refractivity contribution in [3.63, 3.8) is 0 Å². The predicted molar refractivity (Wildman–Crippen MR) is 74.4 cm³/mol. The largest absolute Gasteiger partial charge is 0.340 e. The molecule has 1 aliphatic heterocycles. The number of aromatic nitrogens is 2. The van der Waals surface area contributed by atoms with Crippen LogP contribution in [0.5, 0.6) is 0 Å². The van der Waals surface area contributed by atoms with Gasteiger partial charge in [0.2, 0.25) is 11.8 Å². The van der Waals surface area contributed by atoms with Crippen LogP contribution in [0.2, 0.25) is 0 Å². The third-order valence-corrected chi connectivity index (χ3v) is 3.56. The lowest BCUT2D eigenvalue weighted by molar-refractivity contribution is -0.134. The molecule has 108 valence electrons. The van der Waals surface area contributed by atoms with Crippen molar-refractivity contribution >= 4 is 28.6 Å². The van der Waals surface area contributed by atoms with Crippen molar-refractivity contribution in [1.29, 1.82) is 0 Å². The van der Waals surface area contributed by atoms with E-state index in [0.29, 0.717) is 12.0 Å². The molecule has 0 radical (unpaired) electrons. The molecule has 1 unspecified atom stereocenters. The zero-order valence-corrected chi connectivity index (χ0v) is 11.4. The number of carbonyl (C=O) groups excluding carboxylic acids is 3. The number of carbonyl (C=O) groups is 3. The predicted octanol–water partition coefficient (Wildman–Crippen LogP) is 0.108. The molecule has 0 aliphatic carbocycles. The average molecular weight is 286 g/mol. The van der Waals surface area contributed by atoms with Crippen LogP contribution in [0.3, 0.4) is 0 Å². The topological polar surface area (TPSA) is 93.1 Å². The Labute approximate surface area is 120 Å². The van der Waals surface area contributed by atoms with Crippen molar-refractivity contribution in [1.82, 2.24) is 20.4 Å². The monoisotopic (exact) mass is 286 g/mol. The molecule has 3 amide bonds. The van der Waals surface area contributed by atoms with Gasteiger partial charge in [0.05, 0.1) is 11.7 Å². The van der Waals surface area contributed by atoms with E-state index in [4.69, 9.17) is 0 Å². The SMILES string of the molecule is Cn1ncc2ccc(C(=O)NC3CCC(=O)NC3=O)cc21. The minimum atomic E-state index is -0.669. The third-order valence-electron chi connectivity index (χ3n) is 3.56. The van der Waals surface area contributed by atoms with E-state index in [0.717, 1.165) is 10.9 Å². The lowest BCUT2D eigenvalue weighted by Gasteiger charge is -2.21. The minimum Gasteiger partial charge on any atom is -0.340 e. The molecular formula is C14H14N4O3. The van der Waals surface area contributed by atoms with Crippen LogP contribution >= 0.6 is 0 Å². The van der Waals surface area contributed by atoms with Gasteiger partial charge in [-0.2, -0.15) is 5.10 Å². The number of aryl methyl sites for hydroxylation is 1. The van der Waals surface area contributed by atoms with E-state index >= 15 is 0 Å². The number of piperidine rings is 1. The molecule has 1 saturated heterocycles. The third kappa shape index (κ3) is 2.49. The fourth-order valence-corrected chi connectivity index (χ4v) is 2.36. The van der Waals surface area contributed by atoms with Gasteiger partial charge in [0.1, 0.15) is 6.04 Å². The van der Waals surface area contributed by atoms with Gasteiger partial charge in [0.15, 0.2) is 0 Å². The van der Waals surface area contributed by atoms with Crippen LogP contribution in [-0.2, 0) is 16.6 Å². The lowest BCUT2D eigenvalue weighted by Crippen LogP contribution is -2.52. The van der Waals surface area contributed by atoms with Gasteiger partial charge in [0, 0.05) is 24.4 Å². The molecule has 1 aliphatic rings. The average Bonchev–Trinajstić information content (AvgIpc) is 2.83. The summed E-state index contributed by atoms with van der Waals surface area (Å²) in [7, 11) is 1.80. The molecule has 2 aromatic rings. The first-order valence-electron chi connectivity index (χ1n) is 6.61. The van der Waals surface area contributed by atoms with E-state index in [1.165, 1.54) is 0 Å². The molecule has 1 aromatic heterocycles. The van der Waals surface area contributed by atoms with Crippen molar-refractivity contribution in [2.45, 2.75) is 18.9 Å². The number of benzene rings is 1. The maximum Gasteiger partial charge on any atom is 0.252 e. The number of hydrogen-bond acceptors (Lipinski definition) is 4. The van der Waals surface area contributed by atoms with Crippen molar-refractivity contribution in [2.75, 3.05) is 0 Å².